The maximum Gasteiger partial charge on any atom is 0.248 e. The first-order valence-corrected chi connectivity index (χ1v) is 11.2. The zero-order valence-electron chi connectivity index (χ0n) is 16.4. The number of carbonyl (C=O) groups is 1. The third-order valence-electron chi connectivity index (χ3n) is 4.74. The van der Waals surface area contributed by atoms with Gasteiger partial charge in [0.05, 0.1) is 18.9 Å². The molecule has 8 heteroatoms. The Hall–Kier alpha value is -2.25. The summed E-state index contributed by atoms with van der Waals surface area (Å²) in [5.74, 6) is 0.909. The van der Waals surface area contributed by atoms with Crippen LogP contribution in [0.3, 0.4) is 0 Å². The minimum atomic E-state index is -0.255. The number of anilines is 2. The quantitative estimate of drug-likeness (QED) is 0.389. The van der Waals surface area contributed by atoms with Gasteiger partial charge in [0.1, 0.15) is 11.5 Å². The zero-order chi connectivity index (χ0) is 21.8. The van der Waals surface area contributed by atoms with Crippen molar-refractivity contribution < 1.29 is 13.9 Å². The van der Waals surface area contributed by atoms with Gasteiger partial charge in [-0.2, -0.15) is 0 Å². The van der Waals surface area contributed by atoms with Crippen LogP contribution in [-0.2, 0) is 9.53 Å². The minimum Gasteiger partial charge on any atom is -0.457 e. The molecule has 0 aliphatic carbocycles. The first kappa shape index (κ1) is 22.0. The molecule has 1 aliphatic heterocycles. The molecular weight excluding hydrogens is 503 g/mol. The lowest BCUT2D eigenvalue weighted by Gasteiger charge is -2.29. The minimum absolute atomic E-state index is 0.255. The van der Waals surface area contributed by atoms with E-state index in [9.17, 15) is 4.79 Å². The molecule has 1 aromatic heterocycles. The summed E-state index contributed by atoms with van der Waals surface area (Å²) in [5, 5.41) is 3.92. The Kier molecular flexibility index (Phi) is 7.02. The Bertz CT molecular complexity index is 1100. The largest absolute Gasteiger partial charge is 0.457 e. The second-order valence-electron chi connectivity index (χ2n) is 6.95. The lowest BCUT2D eigenvalue weighted by Crippen LogP contribution is -2.36. The predicted molar refractivity (Wildman–Crippen MR) is 129 cm³/mol. The highest BCUT2D eigenvalue weighted by Gasteiger charge is 2.14. The van der Waals surface area contributed by atoms with E-state index in [1.807, 2.05) is 18.2 Å². The summed E-state index contributed by atoms with van der Waals surface area (Å²) >= 11 is 15.7. The van der Waals surface area contributed by atoms with E-state index in [4.69, 9.17) is 32.4 Å². The molecule has 4 rings (SSSR count). The number of ether oxygens (including phenoxy) is 1. The molecule has 31 heavy (non-hydrogen) atoms. The van der Waals surface area contributed by atoms with Gasteiger partial charge in [0.25, 0.3) is 0 Å². The Labute approximate surface area is 198 Å². The summed E-state index contributed by atoms with van der Waals surface area (Å²) in [5.41, 5.74) is 2.56. The van der Waals surface area contributed by atoms with Gasteiger partial charge in [-0.25, -0.2) is 0 Å². The molecule has 2 heterocycles. The molecule has 0 unspecified atom stereocenters. The van der Waals surface area contributed by atoms with Crippen molar-refractivity contribution in [2.24, 2.45) is 0 Å². The van der Waals surface area contributed by atoms with E-state index in [1.165, 1.54) is 6.08 Å². The SMILES string of the molecule is O=C(/C=C/c1ccc(-c2cc(Cl)cc(Cl)c2)o1)Nc1ccc(N2CCOCC2)c(Br)c1. The molecule has 0 atom stereocenters. The lowest BCUT2D eigenvalue weighted by molar-refractivity contribution is -0.111. The standard InChI is InChI=1S/C23H19BrCl2N2O3/c24-20-14-18(1-4-21(20)28-7-9-30-10-8-28)27-23(29)6-3-19-2-5-22(31-19)15-11-16(25)13-17(26)12-15/h1-6,11-14H,7-10H2,(H,27,29)/b6-3+. The zero-order valence-corrected chi connectivity index (χ0v) is 19.5. The average Bonchev–Trinajstić information content (AvgIpc) is 3.22. The van der Waals surface area contributed by atoms with Crippen LogP contribution >= 0.6 is 39.1 Å². The van der Waals surface area contributed by atoms with Crippen LogP contribution in [0.15, 0.2) is 63.5 Å². The van der Waals surface area contributed by atoms with Crippen LogP contribution in [0.25, 0.3) is 17.4 Å². The summed E-state index contributed by atoms with van der Waals surface area (Å²) in [6, 6.07) is 14.5. The average molecular weight is 522 g/mol. The molecular formula is C23H19BrCl2N2O3. The summed E-state index contributed by atoms with van der Waals surface area (Å²) in [6.45, 7) is 3.13. The van der Waals surface area contributed by atoms with Gasteiger partial charge in [-0.15, -0.1) is 0 Å². The van der Waals surface area contributed by atoms with Crippen molar-refractivity contribution in [2.75, 3.05) is 36.5 Å². The van der Waals surface area contributed by atoms with Crippen LogP contribution in [0.2, 0.25) is 10.0 Å². The summed E-state index contributed by atoms with van der Waals surface area (Å²) in [6.07, 6.45) is 3.04. The Morgan fingerprint density at radius 1 is 1.03 bits per heavy atom. The third-order valence-corrected chi connectivity index (χ3v) is 5.81. The summed E-state index contributed by atoms with van der Waals surface area (Å²) in [7, 11) is 0. The fourth-order valence-corrected chi connectivity index (χ4v) is 4.44. The molecule has 1 saturated heterocycles. The van der Waals surface area contributed by atoms with Crippen molar-refractivity contribution in [3.05, 3.63) is 74.9 Å². The van der Waals surface area contributed by atoms with Crippen molar-refractivity contribution in [1.82, 2.24) is 0 Å². The van der Waals surface area contributed by atoms with Crippen LogP contribution in [0.5, 0.6) is 0 Å². The number of carbonyl (C=O) groups excluding carboxylic acids is 1. The second kappa shape index (κ2) is 9.92. The fraction of sp³-hybridized carbons (Fsp3) is 0.174. The maximum atomic E-state index is 12.3. The van der Waals surface area contributed by atoms with Crippen molar-refractivity contribution in [1.29, 1.82) is 0 Å². The number of rotatable bonds is 5. The van der Waals surface area contributed by atoms with Crippen molar-refractivity contribution in [3.8, 4) is 11.3 Å². The van der Waals surface area contributed by atoms with Crippen LogP contribution in [-0.4, -0.2) is 32.2 Å². The van der Waals surface area contributed by atoms with E-state index in [0.717, 1.165) is 28.8 Å². The lowest BCUT2D eigenvalue weighted by atomic mass is 10.2. The first-order valence-electron chi connectivity index (χ1n) is 9.65. The first-order chi connectivity index (χ1) is 15.0. The summed E-state index contributed by atoms with van der Waals surface area (Å²) < 4.78 is 12.1. The number of halogens is 3. The number of furan rings is 1. The second-order valence-corrected chi connectivity index (χ2v) is 8.68. The fourth-order valence-electron chi connectivity index (χ4n) is 3.28. The van der Waals surface area contributed by atoms with E-state index in [2.05, 4.69) is 26.1 Å². The normalized spacial score (nSPS) is 14.2. The molecule has 0 spiro atoms. The number of hydrogen-bond donors (Lipinski definition) is 1. The smallest absolute Gasteiger partial charge is 0.248 e. The van der Waals surface area contributed by atoms with E-state index in [-0.39, 0.29) is 5.91 Å². The van der Waals surface area contributed by atoms with Gasteiger partial charge in [-0.05, 0) is 70.5 Å². The molecule has 1 N–H and O–H groups in total. The molecule has 5 nitrogen and oxygen atoms in total. The van der Waals surface area contributed by atoms with E-state index >= 15 is 0 Å². The highest BCUT2D eigenvalue weighted by molar-refractivity contribution is 9.10. The van der Waals surface area contributed by atoms with Crippen molar-refractivity contribution in [3.63, 3.8) is 0 Å². The van der Waals surface area contributed by atoms with Crippen molar-refractivity contribution >= 4 is 62.5 Å². The molecule has 0 saturated carbocycles. The van der Waals surface area contributed by atoms with Gasteiger partial charge in [-0.3, -0.25) is 4.79 Å². The van der Waals surface area contributed by atoms with Gasteiger partial charge < -0.3 is 19.4 Å². The number of nitrogens with zero attached hydrogens (tertiary/aromatic N) is 1. The van der Waals surface area contributed by atoms with E-state index in [0.29, 0.717) is 40.5 Å². The molecule has 1 aliphatic rings. The number of amides is 1. The highest BCUT2D eigenvalue weighted by Crippen LogP contribution is 2.30. The van der Waals surface area contributed by atoms with Gasteiger partial charge in [-0.1, -0.05) is 23.2 Å². The molecule has 0 bridgehead atoms. The van der Waals surface area contributed by atoms with Crippen molar-refractivity contribution in [2.45, 2.75) is 0 Å². The maximum absolute atomic E-state index is 12.3. The molecule has 3 aromatic rings. The summed E-state index contributed by atoms with van der Waals surface area (Å²) in [4.78, 5) is 14.6. The van der Waals surface area contributed by atoms with Gasteiger partial charge in [0, 0.05) is 44.9 Å². The number of hydrogen-bond acceptors (Lipinski definition) is 4. The van der Waals surface area contributed by atoms with Gasteiger partial charge >= 0.3 is 0 Å². The Balaban J connectivity index is 1.40. The van der Waals surface area contributed by atoms with Crippen LogP contribution in [0, 0.1) is 0 Å². The van der Waals surface area contributed by atoms with E-state index in [1.54, 1.807) is 36.4 Å². The van der Waals surface area contributed by atoms with E-state index < -0.39 is 0 Å². The highest BCUT2D eigenvalue weighted by atomic mass is 79.9. The number of benzene rings is 2. The number of morpholine rings is 1. The molecule has 160 valence electrons. The Morgan fingerprint density at radius 2 is 1.77 bits per heavy atom. The molecule has 2 aromatic carbocycles. The van der Waals surface area contributed by atoms with Crippen LogP contribution < -0.4 is 10.2 Å². The third kappa shape index (κ3) is 5.71. The van der Waals surface area contributed by atoms with Crippen LogP contribution in [0.1, 0.15) is 5.76 Å². The Morgan fingerprint density at radius 3 is 2.48 bits per heavy atom. The monoisotopic (exact) mass is 520 g/mol. The van der Waals surface area contributed by atoms with Gasteiger partial charge in [0.15, 0.2) is 0 Å². The molecule has 0 radical (unpaired) electrons. The number of nitrogens with one attached hydrogen (secondary N) is 1. The van der Waals surface area contributed by atoms with Crippen LogP contribution in [0.4, 0.5) is 11.4 Å². The topological polar surface area (TPSA) is 54.7 Å². The molecule has 1 fully saturated rings. The van der Waals surface area contributed by atoms with Gasteiger partial charge in [0.2, 0.25) is 5.91 Å². The predicted octanol–water partition coefficient (Wildman–Crippen LogP) is 6.50. The molecule has 1 amide bonds.